The molecular weight excluding hydrogens is 481 g/mol. The lowest BCUT2D eigenvalue weighted by molar-refractivity contribution is -0.143. The first-order valence-corrected chi connectivity index (χ1v) is 12.1. The van der Waals surface area contributed by atoms with E-state index in [1.54, 1.807) is 18.3 Å². The summed E-state index contributed by atoms with van der Waals surface area (Å²) in [6.07, 6.45) is 0.770. The van der Waals surface area contributed by atoms with E-state index < -0.39 is 23.9 Å². The van der Waals surface area contributed by atoms with E-state index >= 15 is 0 Å². The molecule has 1 fully saturated rings. The number of aromatic nitrogens is 3. The normalized spacial score (nSPS) is 19.3. The van der Waals surface area contributed by atoms with Gasteiger partial charge in [-0.1, -0.05) is 6.07 Å². The highest BCUT2D eigenvalue weighted by atomic mass is 32.1. The summed E-state index contributed by atoms with van der Waals surface area (Å²) in [4.78, 5) is 23.8. The van der Waals surface area contributed by atoms with Crippen LogP contribution in [0.3, 0.4) is 0 Å². The SMILES string of the molecule is Cc1cc(Nc2nccc(C(F)(F)F)n2)cc(-c2cnc(C(O)CC3CCC(C(=O)O)CC3)s2)c1. The van der Waals surface area contributed by atoms with Gasteiger partial charge in [-0.15, -0.1) is 11.3 Å². The number of aliphatic carboxylic acids is 1. The van der Waals surface area contributed by atoms with Crippen molar-refractivity contribution in [3.8, 4) is 10.4 Å². The summed E-state index contributed by atoms with van der Waals surface area (Å²) in [6, 6.07) is 6.29. The molecule has 0 spiro atoms. The van der Waals surface area contributed by atoms with Gasteiger partial charge in [0, 0.05) is 18.1 Å². The number of hydrogen-bond donors (Lipinski definition) is 3. The maximum absolute atomic E-state index is 13.0. The Morgan fingerprint density at radius 3 is 2.63 bits per heavy atom. The number of nitrogens with zero attached hydrogens (tertiary/aromatic N) is 3. The Hall–Kier alpha value is -3.05. The third kappa shape index (κ3) is 6.34. The molecule has 4 rings (SSSR count). The zero-order valence-electron chi connectivity index (χ0n) is 18.9. The standard InChI is InChI=1S/C24H25F3N4O3S/c1-13-8-16(11-17(9-13)30-23-28-7-6-20(31-23)24(25,26)27)19-12-29-21(35-19)18(32)10-14-2-4-15(5-3-14)22(33)34/h6-9,11-12,14-15,18,32H,2-5,10H2,1H3,(H,33,34)(H,28,30,31). The highest BCUT2D eigenvalue weighted by molar-refractivity contribution is 7.15. The molecule has 1 atom stereocenters. The molecule has 3 N–H and O–H groups in total. The van der Waals surface area contributed by atoms with Gasteiger partial charge in [-0.25, -0.2) is 15.0 Å². The van der Waals surface area contributed by atoms with Crippen molar-refractivity contribution in [1.82, 2.24) is 15.0 Å². The molecule has 2 heterocycles. The van der Waals surface area contributed by atoms with Crippen LogP contribution in [0.4, 0.5) is 24.8 Å². The summed E-state index contributed by atoms with van der Waals surface area (Å²) >= 11 is 1.35. The van der Waals surface area contributed by atoms with Gasteiger partial charge < -0.3 is 15.5 Å². The highest BCUT2D eigenvalue weighted by Gasteiger charge is 2.33. The predicted molar refractivity (Wildman–Crippen MR) is 125 cm³/mol. The van der Waals surface area contributed by atoms with Crippen molar-refractivity contribution in [2.45, 2.75) is 51.3 Å². The van der Waals surface area contributed by atoms with Crippen LogP contribution >= 0.6 is 11.3 Å². The fraction of sp³-hybridized carbons (Fsp3) is 0.417. The second-order valence-electron chi connectivity index (χ2n) is 8.85. The number of aryl methyl sites for hydroxylation is 1. The molecule has 35 heavy (non-hydrogen) atoms. The number of halogens is 3. The molecule has 0 saturated heterocycles. The first-order valence-electron chi connectivity index (χ1n) is 11.2. The predicted octanol–water partition coefficient (Wildman–Crippen LogP) is 5.99. The fourth-order valence-corrected chi connectivity index (χ4v) is 5.24. The summed E-state index contributed by atoms with van der Waals surface area (Å²) in [5.74, 6) is -0.940. The van der Waals surface area contributed by atoms with Crippen LogP contribution in [0.5, 0.6) is 0 Å². The minimum Gasteiger partial charge on any atom is -0.481 e. The van der Waals surface area contributed by atoms with Crippen LogP contribution in [0, 0.1) is 18.8 Å². The van der Waals surface area contributed by atoms with E-state index in [-0.39, 0.29) is 17.8 Å². The Bertz CT molecular complexity index is 1190. The monoisotopic (exact) mass is 506 g/mol. The van der Waals surface area contributed by atoms with Gasteiger partial charge in [0.1, 0.15) is 16.8 Å². The Kier molecular flexibility index (Phi) is 7.36. The third-order valence-electron chi connectivity index (χ3n) is 6.13. The van der Waals surface area contributed by atoms with Crippen molar-refractivity contribution in [2.75, 3.05) is 5.32 Å². The van der Waals surface area contributed by atoms with Gasteiger partial charge in [-0.05, 0) is 74.3 Å². The lowest BCUT2D eigenvalue weighted by Crippen LogP contribution is -2.22. The number of hydrogen-bond acceptors (Lipinski definition) is 7. The van der Waals surface area contributed by atoms with Crippen LogP contribution in [-0.4, -0.2) is 31.1 Å². The van der Waals surface area contributed by atoms with Crippen LogP contribution in [0.15, 0.2) is 36.7 Å². The number of benzene rings is 1. The van der Waals surface area contributed by atoms with Gasteiger partial charge in [0.15, 0.2) is 0 Å². The smallest absolute Gasteiger partial charge is 0.433 e. The van der Waals surface area contributed by atoms with Gasteiger partial charge in [0.25, 0.3) is 0 Å². The van der Waals surface area contributed by atoms with Crippen molar-refractivity contribution in [3.05, 3.63) is 52.9 Å². The molecule has 0 amide bonds. The largest absolute Gasteiger partial charge is 0.481 e. The van der Waals surface area contributed by atoms with Gasteiger partial charge in [0.2, 0.25) is 5.95 Å². The molecule has 1 saturated carbocycles. The second-order valence-corrected chi connectivity index (χ2v) is 9.91. The lowest BCUT2D eigenvalue weighted by atomic mass is 9.79. The molecule has 1 aliphatic rings. The lowest BCUT2D eigenvalue weighted by Gasteiger charge is -2.27. The molecule has 1 unspecified atom stereocenters. The van der Waals surface area contributed by atoms with Crippen LogP contribution in [0.2, 0.25) is 0 Å². The van der Waals surface area contributed by atoms with Gasteiger partial charge in [-0.3, -0.25) is 4.79 Å². The molecule has 186 valence electrons. The number of alkyl halides is 3. The number of aliphatic hydroxyl groups excluding tert-OH is 1. The van der Waals surface area contributed by atoms with E-state index in [1.807, 2.05) is 13.0 Å². The average Bonchev–Trinajstić information content (AvgIpc) is 3.29. The third-order valence-corrected chi connectivity index (χ3v) is 7.27. The second kappa shape index (κ2) is 10.3. The molecule has 0 bridgehead atoms. The first-order chi connectivity index (χ1) is 16.6. The first kappa shape index (κ1) is 25.1. The van der Waals surface area contributed by atoms with E-state index in [2.05, 4.69) is 20.3 Å². The number of carboxylic acids is 1. The Labute approximate surface area is 204 Å². The topological polar surface area (TPSA) is 108 Å². The van der Waals surface area contributed by atoms with E-state index in [9.17, 15) is 23.1 Å². The van der Waals surface area contributed by atoms with Gasteiger partial charge in [0.05, 0.1) is 10.8 Å². The van der Waals surface area contributed by atoms with Crippen LogP contribution in [-0.2, 0) is 11.0 Å². The molecule has 3 aromatic rings. The minimum atomic E-state index is -4.56. The zero-order valence-corrected chi connectivity index (χ0v) is 19.7. The van der Waals surface area contributed by atoms with Crippen LogP contribution in [0.1, 0.15) is 54.5 Å². The molecular formula is C24H25F3N4O3S. The Morgan fingerprint density at radius 2 is 1.94 bits per heavy atom. The van der Waals surface area contributed by atoms with Crippen molar-refractivity contribution in [2.24, 2.45) is 11.8 Å². The van der Waals surface area contributed by atoms with Crippen molar-refractivity contribution in [1.29, 1.82) is 0 Å². The van der Waals surface area contributed by atoms with Gasteiger partial charge in [-0.2, -0.15) is 13.2 Å². The van der Waals surface area contributed by atoms with Crippen molar-refractivity contribution in [3.63, 3.8) is 0 Å². The fourth-order valence-electron chi connectivity index (χ4n) is 4.34. The summed E-state index contributed by atoms with van der Waals surface area (Å²) in [7, 11) is 0. The summed E-state index contributed by atoms with van der Waals surface area (Å²) in [5, 5.41) is 23.3. The number of carboxylic acid groups (broad SMARTS) is 1. The van der Waals surface area contributed by atoms with Crippen molar-refractivity contribution >= 4 is 28.9 Å². The van der Waals surface area contributed by atoms with Crippen LogP contribution in [0.25, 0.3) is 10.4 Å². The van der Waals surface area contributed by atoms with Crippen LogP contribution < -0.4 is 5.32 Å². The molecule has 7 nitrogen and oxygen atoms in total. The number of aliphatic hydroxyl groups is 1. The van der Waals surface area contributed by atoms with E-state index in [4.69, 9.17) is 5.11 Å². The quantitative estimate of drug-likeness (QED) is 0.361. The Morgan fingerprint density at radius 1 is 1.20 bits per heavy atom. The number of thiazole rings is 1. The Balaban J connectivity index is 1.45. The van der Waals surface area contributed by atoms with Crippen molar-refractivity contribution < 1.29 is 28.2 Å². The number of rotatable bonds is 7. The maximum atomic E-state index is 13.0. The molecule has 0 radical (unpaired) electrons. The zero-order chi connectivity index (χ0) is 25.2. The molecule has 1 aliphatic carbocycles. The number of anilines is 2. The highest BCUT2D eigenvalue weighted by Crippen LogP contribution is 2.38. The molecule has 0 aliphatic heterocycles. The van der Waals surface area contributed by atoms with E-state index in [0.29, 0.717) is 30.0 Å². The molecule has 2 aromatic heterocycles. The molecule has 11 heteroatoms. The maximum Gasteiger partial charge on any atom is 0.433 e. The van der Waals surface area contributed by atoms with E-state index in [0.717, 1.165) is 41.1 Å². The summed E-state index contributed by atoms with van der Waals surface area (Å²) in [6.45, 7) is 1.87. The summed E-state index contributed by atoms with van der Waals surface area (Å²) in [5.41, 5.74) is 1.19. The number of carbonyl (C=O) groups is 1. The summed E-state index contributed by atoms with van der Waals surface area (Å²) < 4.78 is 38.9. The number of nitrogens with one attached hydrogen (secondary N) is 1. The molecule has 1 aromatic carbocycles. The van der Waals surface area contributed by atoms with Gasteiger partial charge >= 0.3 is 12.1 Å². The minimum absolute atomic E-state index is 0.158. The van der Waals surface area contributed by atoms with E-state index in [1.165, 1.54) is 11.3 Å². The average molecular weight is 507 g/mol.